The molecular weight excluding hydrogens is 292 g/mol. The number of amides is 1. The van der Waals surface area contributed by atoms with Gasteiger partial charge >= 0.3 is 0 Å². The van der Waals surface area contributed by atoms with Crippen LogP contribution in [0, 0.1) is 5.92 Å². The lowest BCUT2D eigenvalue weighted by atomic mass is 9.95. The third kappa shape index (κ3) is 3.60. The highest BCUT2D eigenvalue weighted by atomic mass is 35.5. The summed E-state index contributed by atoms with van der Waals surface area (Å²) in [5.41, 5.74) is 0. The van der Waals surface area contributed by atoms with Crippen molar-refractivity contribution in [3.63, 3.8) is 0 Å². The Morgan fingerprint density at radius 1 is 1.33 bits per heavy atom. The summed E-state index contributed by atoms with van der Waals surface area (Å²) in [7, 11) is 0. The molecule has 0 saturated carbocycles. The van der Waals surface area contributed by atoms with Gasteiger partial charge in [-0.15, -0.1) is 12.4 Å². The Balaban J connectivity index is 0.00000161. The summed E-state index contributed by atoms with van der Waals surface area (Å²) < 4.78 is 11.3. The second kappa shape index (κ2) is 7.00. The number of piperidine rings is 1. The number of halogens is 1. The molecule has 3 atom stereocenters. The average Bonchev–Trinajstić information content (AvgIpc) is 2.49. The minimum Gasteiger partial charge on any atom is -0.485 e. The Kier molecular flexibility index (Phi) is 5.31. The number of carbonyl (C=O) groups excluding carboxylic acids is 1. The zero-order chi connectivity index (χ0) is 13.9. The van der Waals surface area contributed by atoms with Crippen molar-refractivity contribution in [1.82, 2.24) is 10.6 Å². The molecule has 2 aliphatic rings. The summed E-state index contributed by atoms with van der Waals surface area (Å²) >= 11 is 0. The van der Waals surface area contributed by atoms with Gasteiger partial charge in [-0.3, -0.25) is 4.79 Å². The summed E-state index contributed by atoms with van der Waals surface area (Å²) in [5, 5.41) is 6.41. The van der Waals surface area contributed by atoms with Crippen LogP contribution in [-0.2, 0) is 4.79 Å². The lowest BCUT2D eigenvalue weighted by Gasteiger charge is -2.32. The molecule has 5 nitrogen and oxygen atoms in total. The van der Waals surface area contributed by atoms with Gasteiger partial charge in [0.2, 0.25) is 6.10 Å². The summed E-state index contributed by atoms with van der Waals surface area (Å²) in [4.78, 5) is 12.3. The number of carbonyl (C=O) groups is 1. The number of hydrogen-bond acceptors (Lipinski definition) is 4. The topological polar surface area (TPSA) is 59.6 Å². The van der Waals surface area contributed by atoms with E-state index in [0.29, 0.717) is 17.4 Å². The summed E-state index contributed by atoms with van der Waals surface area (Å²) in [5.74, 6) is 1.69. The molecule has 0 aliphatic carbocycles. The molecule has 3 unspecified atom stereocenters. The van der Waals surface area contributed by atoms with Crippen LogP contribution in [0.3, 0.4) is 0 Å². The Morgan fingerprint density at radius 2 is 2.10 bits per heavy atom. The SMILES string of the molecule is CC1CNCCC1NC(=O)C1COc2ccccc2O1.Cl. The predicted octanol–water partition coefficient (Wildman–Crippen LogP) is 1.36. The predicted molar refractivity (Wildman–Crippen MR) is 82.2 cm³/mol. The van der Waals surface area contributed by atoms with Gasteiger partial charge in [-0.2, -0.15) is 0 Å². The average molecular weight is 313 g/mol. The fourth-order valence-electron chi connectivity index (χ4n) is 2.65. The van der Waals surface area contributed by atoms with E-state index >= 15 is 0 Å². The molecule has 1 fully saturated rings. The maximum atomic E-state index is 12.3. The third-order valence-electron chi connectivity index (χ3n) is 3.91. The highest BCUT2D eigenvalue weighted by Crippen LogP contribution is 2.30. The molecule has 3 rings (SSSR count). The molecule has 2 heterocycles. The minimum atomic E-state index is -0.563. The molecule has 1 amide bonds. The number of rotatable bonds is 2. The number of para-hydroxylation sites is 2. The highest BCUT2D eigenvalue weighted by Gasteiger charge is 2.30. The Hall–Kier alpha value is -1.46. The fraction of sp³-hybridized carbons (Fsp3) is 0.533. The number of ether oxygens (including phenoxy) is 2. The van der Waals surface area contributed by atoms with Crippen LogP contribution in [-0.4, -0.2) is 37.7 Å². The van der Waals surface area contributed by atoms with Crippen LogP contribution in [0.1, 0.15) is 13.3 Å². The number of nitrogens with one attached hydrogen (secondary N) is 2. The first-order valence-electron chi connectivity index (χ1n) is 7.13. The van der Waals surface area contributed by atoms with E-state index < -0.39 is 6.10 Å². The van der Waals surface area contributed by atoms with Gasteiger partial charge in [-0.25, -0.2) is 0 Å². The van der Waals surface area contributed by atoms with Crippen molar-refractivity contribution in [1.29, 1.82) is 0 Å². The number of fused-ring (bicyclic) bond motifs is 1. The first kappa shape index (κ1) is 15.9. The monoisotopic (exact) mass is 312 g/mol. The van der Waals surface area contributed by atoms with E-state index in [-0.39, 0.29) is 31.0 Å². The van der Waals surface area contributed by atoms with Crippen LogP contribution >= 0.6 is 12.4 Å². The van der Waals surface area contributed by atoms with E-state index in [0.717, 1.165) is 19.5 Å². The fourth-order valence-corrected chi connectivity index (χ4v) is 2.65. The molecule has 21 heavy (non-hydrogen) atoms. The van der Waals surface area contributed by atoms with Gasteiger partial charge in [-0.05, 0) is 37.6 Å². The van der Waals surface area contributed by atoms with Gasteiger partial charge < -0.3 is 20.1 Å². The first-order chi connectivity index (χ1) is 9.74. The molecule has 1 aromatic carbocycles. The normalized spacial score (nSPS) is 27.4. The van der Waals surface area contributed by atoms with Crippen LogP contribution in [0.4, 0.5) is 0 Å². The van der Waals surface area contributed by atoms with Crippen molar-refractivity contribution in [3.8, 4) is 11.5 Å². The van der Waals surface area contributed by atoms with Crippen molar-refractivity contribution in [2.45, 2.75) is 25.5 Å². The van der Waals surface area contributed by atoms with Gasteiger partial charge in [0.25, 0.3) is 5.91 Å². The molecule has 6 heteroatoms. The zero-order valence-electron chi connectivity index (χ0n) is 12.0. The summed E-state index contributed by atoms with van der Waals surface area (Å²) in [6.07, 6.45) is 0.392. The molecule has 2 aliphatic heterocycles. The minimum absolute atomic E-state index is 0. The lowest BCUT2D eigenvalue weighted by Crippen LogP contribution is -2.53. The lowest BCUT2D eigenvalue weighted by molar-refractivity contribution is -0.131. The quantitative estimate of drug-likeness (QED) is 0.866. The Labute approximate surface area is 130 Å². The van der Waals surface area contributed by atoms with Gasteiger partial charge in [0.1, 0.15) is 6.61 Å². The molecule has 116 valence electrons. The molecule has 0 bridgehead atoms. The zero-order valence-corrected chi connectivity index (χ0v) is 12.8. The van der Waals surface area contributed by atoms with Crippen molar-refractivity contribution < 1.29 is 14.3 Å². The van der Waals surface area contributed by atoms with Crippen LogP contribution in [0.2, 0.25) is 0 Å². The molecule has 0 aromatic heterocycles. The summed E-state index contributed by atoms with van der Waals surface area (Å²) in [6, 6.07) is 7.64. The van der Waals surface area contributed by atoms with Crippen molar-refractivity contribution in [2.75, 3.05) is 19.7 Å². The molecule has 1 saturated heterocycles. The van der Waals surface area contributed by atoms with Crippen LogP contribution in [0.15, 0.2) is 24.3 Å². The van der Waals surface area contributed by atoms with Crippen LogP contribution < -0.4 is 20.1 Å². The first-order valence-corrected chi connectivity index (χ1v) is 7.13. The van der Waals surface area contributed by atoms with Gasteiger partial charge in [-0.1, -0.05) is 19.1 Å². The van der Waals surface area contributed by atoms with Crippen molar-refractivity contribution in [3.05, 3.63) is 24.3 Å². The van der Waals surface area contributed by atoms with Crippen molar-refractivity contribution >= 4 is 18.3 Å². The molecule has 0 radical (unpaired) electrons. The second-order valence-electron chi connectivity index (χ2n) is 5.45. The molecule has 2 N–H and O–H groups in total. The van der Waals surface area contributed by atoms with Crippen LogP contribution in [0.5, 0.6) is 11.5 Å². The standard InChI is InChI=1S/C15H20N2O3.ClH/c1-10-8-16-7-6-11(10)17-15(18)14-9-19-12-4-2-3-5-13(12)20-14;/h2-5,10-11,14,16H,6-9H2,1H3,(H,17,18);1H. The van der Waals surface area contributed by atoms with Gasteiger partial charge in [0.05, 0.1) is 0 Å². The molecule has 1 aromatic rings. The van der Waals surface area contributed by atoms with E-state index in [1.807, 2.05) is 24.3 Å². The smallest absolute Gasteiger partial charge is 0.264 e. The molecular formula is C15H21ClN2O3. The maximum absolute atomic E-state index is 12.3. The van der Waals surface area contributed by atoms with E-state index in [2.05, 4.69) is 17.6 Å². The Morgan fingerprint density at radius 3 is 2.86 bits per heavy atom. The molecule has 0 spiro atoms. The van der Waals surface area contributed by atoms with E-state index in [1.165, 1.54) is 0 Å². The van der Waals surface area contributed by atoms with Crippen LogP contribution in [0.25, 0.3) is 0 Å². The second-order valence-corrected chi connectivity index (χ2v) is 5.45. The highest BCUT2D eigenvalue weighted by molar-refractivity contribution is 5.85. The third-order valence-corrected chi connectivity index (χ3v) is 3.91. The number of hydrogen-bond donors (Lipinski definition) is 2. The summed E-state index contributed by atoms with van der Waals surface area (Å²) in [6.45, 7) is 4.29. The largest absolute Gasteiger partial charge is 0.485 e. The number of benzene rings is 1. The van der Waals surface area contributed by atoms with E-state index in [1.54, 1.807) is 0 Å². The van der Waals surface area contributed by atoms with Gasteiger partial charge in [0, 0.05) is 6.04 Å². The van der Waals surface area contributed by atoms with Gasteiger partial charge in [0.15, 0.2) is 11.5 Å². The maximum Gasteiger partial charge on any atom is 0.264 e. The van der Waals surface area contributed by atoms with Crippen molar-refractivity contribution in [2.24, 2.45) is 5.92 Å². The Bertz CT molecular complexity index is 498. The van der Waals surface area contributed by atoms with E-state index in [4.69, 9.17) is 9.47 Å². The van der Waals surface area contributed by atoms with E-state index in [9.17, 15) is 4.79 Å².